The molecule has 1 saturated heterocycles. The first-order valence-corrected chi connectivity index (χ1v) is 7.37. The third kappa shape index (κ3) is 4.23. The second kappa shape index (κ2) is 6.75. The Morgan fingerprint density at radius 1 is 1.40 bits per heavy atom. The highest BCUT2D eigenvalue weighted by atomic mass is 16.1. The minimum absolute atomic E-state index is 0.156. The van der Waals surface area contributed by atoms with Crippen LogP contribution in [0.3, 0.4) is 0 Å². The Balaban J connectivity index is 1.76. The van der Waals surface area contributed by atoms with Crippen LogP contribution in [0.2, 0.25) is 0 Å². The van der Waals surface area contributed by atoms with Crippen LogP contribution in [-0.2, 0) is 11.2 Å². The van der Waals surface area contributed by atoms with Crippen molar-refractivity contribution >= 4 is 11.6 Å². The summed E-state index contributed by atoms with van der Waals surface area (Å²) in [6.07, 6.45) is 2.36. The van der Waals surface area contributed by atoms with Gasteiger partial charge in [-0.2, -0.15) is 0 Å². The molecule has 20 heavy (non-hydrogen) atoms. The quantitative estimate of drug-likeness (QED) is 0.822. The van der Waals surface area contributed by atoms with Gasteiger partial charge in [0.15, 0.2) is 0 Å². The summed E-state index contributed by atoms with van der Waals surface area (Å²) in [5, 5.41) is 3.18. The molecule has 2 unspecified atom stereocenters. The molecule has 0 bridgehead atoms. The monoisotopic (exact) mass is 275 g/mol. The van der Waals surface area contributed by atoms with Crippen molar-refractivity contribution in [3.8, 4) is 0 Å². The van der Waals surface area contributed by atoms with Crippen LogP contribution in [0.4, 0.5) is 5.69 Å². The summed E-state index contributed by atoms with van der Waals surface area (Å²) in [6, 6.07) is 8.06. The molecule has 0 spiro atoms. The Morgan fingerprint density at radius 2 is 2.10 bits per heavy atom. The normalized spacial score (nSPS) is 23.5. The SMILES string of the molecule is CC1CN(C)CCC1NC(=O)CCc1ccc(N)cc1. The largest absolute Gasteiger partial charge is 0.399 e. The lowest BCUT2D eigenvalue weighted by Crippen LogP contribution is -2.48. The van der Waals surface area contributed by atoms with Crippen molar-refractivity contribution in [2.24, 2.45) is 5.92 Å². The highest BCUT2D eigenvalue weighted by Gasteiger charge is 2.25. The number of piperidine rings is 1. The number of nitrogen functional groups attached to an aromatic ring is 1. The van der Waals surface area contributed by atoms with E-state index in [1.165, 1.54) is 0 Å². The smallest absolute Gasteiger partial charge is 0.220 e. The zero-order valence-corrected chi connectivity index (χ0v) is 12.4. The van der Waals surface area contributed by atoms with Gasteiger partial charge in [-0.25, -0.2) is 0 Å². The molecule has 3 N–H and O–H groups in total. The molecule has 1 fully saturated rings. The van der Waals surface area contributed by atoms with Gasteiger partial charge in [0.05, 0.1) is 0 Å². The predicted octanol–water partition coefficient (Wildman–Crippen LogP) is 1.66. The molecule has 1 amide bonds. The predicted molar refractivity (Wildman–Crippen MR) is 82.4 cm³/mol. The second-order valence-corrected chi connectivity index (χ2v) is 5.94. The minimum Gasteiger partial charge on any atom is -0.399 e. The topological polar surface area (TPSA) is 58.4 Å². The van der Waals surface area contributed by atoms with Crippen LogP contribution in [0.5, 0.6) is 0 Å². The molecular weight excluding hydrogens is 250 g/mol. The average Bonchev–Trinajstić information content (AvgIpc) is 2.41. The van der Waals surface area contributed by atoms with E-state index in [9.17, 15) is 4.79 Å². The highest BCUT2D eigenvalue weighted by molar-refractivity contribution is 5.76. The standard InChI is InChI=1S/C16H25N3O/c1-12-11-19(2)10-9-15(12)18-16(20)8-5-13-3-6-14(17)7-4-13/h3-4,6-7,12,15H,5,8-11,17H2,1-2H3,(H,18,20). The van der Waals surface area contributed by atoms with E-state index in [-0.39, 0.29) is 5.91 Å². The summed E-state index contributed by atoms with van der Waals surface area (Å²) < 4.78 is 0. The van der Waals surface area contributed by atoms with E-state index in [1.807, 2.05) is 24.3 Å². The Hall–Kier alpha value is -1.55. The number of carbonyl (C=O) groups excluding carboxylic acids is 1. The van der Waals surface area contributed by atoms with E-state index in [4.69, 9.17) is 5.73 Å². The third-order valence-corrected chi connectivity index (χ3v) is 4.08. The lowest BCUT2D eigenvalue weighted by atomic mass is 9.94. The second-order valence-electron chi connectivity index (χ2n) is 5.94. The number of carbonyl (C=O) groups is 1. The van der Waals surface area contributed by atoms with Gasteiger partial charge in [-0.3, -0.25) is 4.79 Å². The van der Waals surface area contributed by atoms with Crippen molar-refractivity contribution in [2.75, 3.05) is 25.9 Å². The van der Waals surface area contributed by atoms with Gasteiger partial charge in [0.1, 0.15) is 0 Å². The van der Waals surface area contributed by atoms with Crippen LogP contribution in [0.25, 0.3) is 0 Å². The number of hydrogen-bond donors (Lipinski definition) is 2. The van der Waals surface area contributed by atoms with Crippen LogP contribution < -0.4 is 11.1 Å². The van der Waals surface area contributed by atoms with E-state index < -0.39 is 0 Å². The zero-order chi connectivity index (χ0) is 14.5. The van der Waals surface area contributed by atoms with Crippen molar-refractivity contribution in [1.29, 1.82) is 0 Å². The molecule has 110 valence electrons. The van der Waals surface area contributed by atoms with E-state index in [0.717, 1.165) is 37.2 Å². The fourth-order valence-electron chi connectivity index (χ4n) is 2.79. The number of anilines is 1. The Morgan fingerprint density at radius 3 is 2.75 bits per heavy atom. The molecule has 2 rings (SSSR count). The lowest BCUT2D eigenvalue weighted by molar-refractivity contribution is -0.122. The first kappa shape index (κ1) is 14.9. The van der Waals surface area contributed by atoms with Crippen molar-refractivity contribution in [1.82, 2.24) is 10.2 Å². The first-order chi connectivity index (χ1) is 9.54. The van der Waals surface area contributed by atoms with Crippen molar-refractivity contribution in [3.05, 3.63) is 29.8 Å². The molecule has 1 heterocycles. The molecule has 4 nitrogen and oxygen atoms in total. The Bertz CT molecular complexity index is 444. The molecule has 1 aromatic carbocycles. The molecule has 1 aliphatic heterocycles. The van der Waals surface area contributed by atoms with Crippen LogP contribution in [0, 0.1) is 5.92 Å². The summed E-state index contributed by atoms with van der Waals surface area (Å²) in [4.78, 5) is 14.4. The number of hydrogen-bond acceptors (Lipinski definition) is 3. The van der Waals surface area contributed by atoms with Gasteiger partial charge in [0.25, 0.3) is 0 Å². The Labute approximate surface area is 121 Å². The van der Waals surface area contributed by atoms with Crippen molar-refractivity contribution in [2.45, 2.75) is 32.2 Å². The fraction of sp³-hybridized carbons (Fsp3) is 0.562. The van der Waals surface area contributed by atoms with Crippen molar-refractivity contribution < 1.29 is 4.79 Å². The molecule has 0 radical (unpaired) electrons. The maximum Gasteiger partial charge on any atom is 0.220 e. The van der Waals surface area contributed by atoms with Gasteiger partial charge in [-0.15, -0.1) is 0 Å². The molecule has 2 atom stereocenters. The Kier molecular flexibility index (Phi) is 5.01. The number of nitrogens with one attached hydrogen (secondary N) is 1. The van der Waals surface area contributed by atoms with Gasteiger partial charge >= 0.3 is 0 Å². The summed E-state index contributed by atoms with van der Waals surface area (Å²) in [6.45, 7) is 4.33. The lowest BCUT2D eigenvalue weighted by Gasteiger charge is -2.35. The number of rotatable bonds is 4. The van der Waals surface area contributed by atoms with Crippen LogP contribution >= 0.6 is 0 Å². The summed E-state index contributed by atoms with van der Waals surface area (Å²) >= 11 is 0. The number of likely N-dealkylation sites (tertiary alicyclic amines) is 1. The highest BCUT2D eigenvalue weighted by Crippen LogP contribution is 2.15. The number of nitrogens with two attached hydrogens (primary N) is 1. The third-order valence-electron chi connectivity index (χ3n) is 4.08. The van der Waals surface area contributed by atoms with Gasteiger partial charge in [-0.1, -0.05) is 19.1 Å². The van der Waals surface area contributed by atoms with Gasteiger partial charge in [0, 0.05) is 24.7 Å². The molecule has 1 aliphatic rings. The van der Waals surface area contributed by atoms with Gasteiger partial charge in [0.2, 0.25) is 5.91 Å². The van der Waals surface area contributed by atoms with Crippen LogP contribution in [-0.4, -0.2) is 37.0 Å². The van der Waals surface area contributed by atoms with Crippen molar-refractivity contribution in [3.63, 3.8) is 0 Å². The van der Waals surface area contributed by atoms with E-state index in [1.54, 1.807) is 0 Å². The fourth-order valence-corrected chi connectivity index (χ4v) is 2.79. The average molecular weight is 275 g/mol. The molecule has 0 aromatic heterocycles. The van der Waals surface area contributed by atoms with Gasteiger partial charge < -0.3 is 16.0 Å². The molecule has 4 heteroatoms. The molecule has 1 aromatic rings. The molecule has 0 aliphatic carbocycles. The summed E-state index contributed by atoms with van der Waals surface area (Å²) in [5.41, 5.74) is 7.57. The van der Waals surface area contributed by atoms with E-state index in [0.29, 0.717) is 18.4 Å². The van der Waals surface area contributed by atoms with Gasteiger partial charge in [-0.05, 0) is 50.0 Å². The number of aryl methyl sites for hydroxylation is 1. The maximum atomic E-state index is 12.0. The van der Waals surface area contributed by atoms with E-state index in [2.05, 4.69) is 24.2 Å². The summed E-state index contributed by atoms with van der Waals surface area (Å²) in [5.74, 6) is 0.678. The number of nitrogens with zero attached hydrogens (tertiary/aromatic N) is 1. The summed E-state index contributed by atoms with van der Waals surface area (Å²) in [7, 11) is 2.13. The molecular formula is C16H25N3O. The number of amides is 1. The van der Waals surface area contributed by atoms with Crippen LogP contribution in [0.1, 0.15) is 25.3 Å². The molecule has 0 saturated carbocycles. The number of benzene rings is 1. The van der Waals surface area contributed by atoms with Crippen LogP contribution in [0.15, 0.2) is 24.3 Å². The minimum atomic E-state index is 0.156. The maximum absolute atomic E-state index is 12.0. The first-order valence-electron chi connectivity index (χ1n) is 7.37. The zero-order valence-electron chi connectivity index (χ0n) is 12.4. The van der Waals surface area contributed by atoms with E-state index >= 15 is 0 Å².